The van der Waals surface area contributed by atoms with Crippen LogP contribution in [0, 0.1) is 0 Å². The molecule has 0 bridgehead atoms. The Bertz CT molecular complexity index is 700. The predicted octanol–water partition coefficient (Wildman–Crippen LogP) is 2.70. The third-order valence-corrected chi connectivity index (χ3v) is 3.11. The lowest BCUT2D eigenvalue weighted by Crippen LogP contribution is -1.99. The molecule has 0 radical (unpaired) electrons. The van der Waals surface area contributed by atoms with Gasteiger partial charge in [-0.1, -0.05) is 24.3 Å². The van der Waals surface area contributed by atoms with Crippen molar-refractivity contribution in [1.82, 2.24) is 14.8 Å². The van der Waals surface area contributed by atoms with Crippen LogP contribution in [0.2, 0.25) is 0 Å². The molecular weight excluding hydrogens is 224 g/mol. The summed E-state index contributed by atoms with van der Waals surface area (Å²) in [6.07, 6.45) is 1.73. The maximum absolute atomic E-state index is 6.12. The number of benzene rings is 2. The summed E-state index contributed by atoms with van der Waals surface area (Å²) in [5, 5.41) is 10.4. The molecule has 0 aliphatic rings. The van der Waals surface area contributed by atoms with E-state index in [-0.39, 0.29) is 0 Å². The fourth-order valence-electron chi connectivity index (χ4n) is 2.15. The number of hydrogen-bond acceptors (Lipinski definition) is 3. The molecule has 3 aromatic rings. The highest BCUT2D eigenvalue weighted by molar-refractivity contribution is 5.92. The van der Waals surface area contributed by atoms with Crippen molar-refractivity contribution in [3.63, 3.8) is 0 Å². The fourth-order valence-corrected chi connectivity index (χ4v) is 2.15. The molecule has 0 atom stereocenters. The molecule has 1 aromatic heterocycles. The van der Waals surface area contributed by atoms with Crippen LogP contribution in [0.3, 0.4) is 0 Å². The van der Waals surface area contributed by atoms with Gasteiger partial charge in [0.05, 0.1) is 0 Å². The summed E-state index contributed by atoms with van der Waals surface area (Å²) < 4.78 is 1.99. The molecular formula is C14H14N4. The summed E-state index contributed by atoms with van der Waals surface area (Å²) in [5.74, 6) is 0.820. The third-order valence-electron chi connectivity index (χ3n) is 3.11. The molecule has 0 unspecified atom stereocenters. The van der Waals surface area contributed by atoms with Crippen molar-refractivity contribution in [2.75, 3.05) is 5.73 Å². The van der Waals surface area contributed by atoms with Gasteiger partial charge in [0, 0.05) is 17.8 Å². The Balaban J connectivity index is 2.26. The number of aryl methyl sites for hydroxylation is 1. The molecule has 2 aromatic carbocycles. The van der Waals surface area contributed by atoms with Gasteiger partial charge in [-0.3, -0.25) is 0 Å². The summed E-state index contributed by atoms with van der Waals surface area (Å²) >= 11 is 0. The van der Waals surface area contributed by atoms with Crippen molar-refractivity contribution < 1.29 is 0 Å². The lowest BCUT2D eigenvalue weighted by atomic mass is 10.0. The van der Waals surface area contributed by atoms with E-state index in [1.165, 1.54) is 0 Å². The first-order chi connectivity index (χ1) is 8.79. The van der Waals surface area contributed by atoms with Gasteiger partial charge < -0.3 is 10.3 Å². The number of fused-ring (bicyclic) bond motifs is 1. The third kappa shape index (κ3) is 1.62. The molecule has 4 nitrogen and oxygen atoms in total. The van der Waals surface area contributed by atoms with Crippen LogP contribution in [0.15, 0.2) is 42.7 Å². The standard InChI is InChI=1S/C14H14N4/c1-2-18-9-16-17-14(18)12-7-10-5-3-4-6-11(10)8-13(12)15/h3-9H,2,15H2,1H3. The molecule has 0 amide bonds. The maximum Gasteiger partial charge on any atom is 0.165 e. The van der Waals surface area contributed by atoms with E-state index >= 15 is 0 Å². The van der Waals surface area contributed by atoms with Crippen molar-refractivity contribution in [1.29, 1.82) is 0 Å². The Morgan fingerprint density at radius 3 is 2.61 bits per heavy atom. The van der Waals surface area contributed by atoms with Crippen LogP contribution in [0.1, 0.15) is 6.92 Å². The van der Waals surface area contributed by atoms with Gasteiger partial charge in [0.2, 0.25) is 0 Å². The Kier molecular flexibility index (Phi) is 2.48. The first kappa shape index (κ1) is 10.8. The molecule has 3 rings (SSSR count). The van der Waals surface area contributed by atoms with Gasteiger partial charge in [-0.15, -0.1) is 10.2 Å². The molecule has 0 aliphatic carbocycles. The minimum atomic E-state index is 0.733. The number of rotatable bonds is 2. The summed E-state index contributed by atoms with van der Waals surface area (Å²) in [6.45, 7) is 2.89. The predicted molar refractivity (Wildman–Crippen MR) is 73.1 cm³/mol. The van der Waals surface area contributed by atoms with Crippen molar-refractivity contribution >= 4 is 16.5 Å². The minimum Gasteiger partial charge on any atom is -0.398 e. The van der Waals surface area contributed by atoms with Crippen LogP contribution in [-0.2, 0) is 6.54 Å². The summed E-state index contributed by atoms with van der Waals surface area (Å²) in [7, 11) is 0. The first-order valence-electron chi connectivity index (χ1n) is 5.96. The van der Waals surface area contributed by atoms with Gasteiger partial charge in [-0.05, 0) is 29.8 Å². The van der Waals surface area contributed by atoms with E-state index in [1.807, 2.05) is 22.8 Å². The summed E-state index contributed by atoms with van der Waals surface area (Å²) in [5.41, 5.74) is 7.79. The smallest absolute Gasteiger partial charge is 0.165 e. The highest BCUT2D eigenvalue weighted by Crippen LogP contribution is 2.29. The summed E-state index contributed by atoms with van der Waals surface area (Å²) in [6, 6.07) is 12.2. The number of nitrogens with two attached hydrogens (primary N) is 1. The molecule has 4 heteroatoms. The number of anilines is 1. The van der Waals surface area contributed by atoms with Crippen LogP contribution >= 0.6 is 0 Å². The second kappa shape index (κ2) is 4.14. The monoisotopic (exact) mass is 238 g/mol. The second-order valence-electron chi connectivity index (χ2n) is 4.23. The highest BCUT2D eigenvalue weighted by Gasteiger charge is 2.10. The van der Waals surface area contributed by atoms with Crippen LogP contribution in [0.25, 0.3) is 22.2 Å². The van der Waals surface area contributed by atoms with Gasteiger partial charge in [0.15, 0.2) is 5.82 Å². The number of nitrogen functional groups attached to an aromatic ring is 1. The summed E-state index contributed by atoms with van der Waals surface area (Å²) in [4.78, 5) is 0. The van der Waals surface area contributed by atoms with E-state index < -0.39 is 0 Å². The number of nitrogens with zero attached hydrogens (tertiary/aromatic N) is 3. The quantitative estimate of drug-likeness (QED) is 0.698. The van der Waals surface area contributed by atoms with Crippen LogP contribution in [-0.4, -0.2) is 14.8 Å². The zero-order chi connectivity index (χ0) is 12.5. The Labute approximate surface area is 105 Å². The molecule has 90 valence electrons. The minimum absolute atomic E-state index is 0.733. The Hall–Kier alpha value is -2.36. The SMILES string of the molecule is CCn1cnnc1-c1cc2ccccc2cc1N. The van der Waals surface area contributed by atoms with Gasteiger partial charge in [0.25, 0.3) is 0 Å². The average molecular weight is 238 g/mol. The zero-order valence-electron chi connectivity index (χ0n) is 10.2. The Morgan fingerprint density at radius 2 is 1.89 bits per heavy atom. The second-order valence-corrected chi connectivity index (χ2v) is 4.23. The van der Waals surface area contributed by atoms with E-state index in [2.05, 4.69) is 35.3 Å². The van der Waals surface area contributed by atoms with Gasteiger partial charge in [-0.25, -0.2) is 0 Å². The normalized spacial score (nSPS) is 10.9. The average Bonchev–Trinajstić information content (AvgIpc) is 2.86. The van der Waals surface area contributed by atoms with Crippen molar-refractivity contribution in [2.45, 2.75) is 13.5 Å². The van der Waals surface area contributed by atoms with E-state index in [4.69, 9.17) is 5.73 Å². The molecule has 0 fully saturated rings. The molecule has 0 spiro atoms. The number of hydrogen-bond donors (Lipinski definition) is 1. The van der Waals surface area contributed by atoms with E-state index in [9.17, 15) is 0 Å². The molecule has 0 aliphatic heterocycles. The van der Waals surface area contributed by atoms with Gasteiger partial charge in [-0.2, -0.15) is 0 Å². The lowest BCUT2D eigenvalue weighted by Gasteiger charge is -2.08. The van der Waals surface area contributed by atoms with E-state index in [1.54, 1.807) is 6.33 Å². The maximum atomic E-state index is 6.12. The number of aromatic nitrogens is 3. The first-order valence-corrected chi connectivity index (χ1v) is 5.96. The van der Waals surface area contributed by atoms with Crippen LogP contribution in [0.4, 0.5) is 5.69 Å². The fraction of sp³-hybridized carbons (Fsp3) is 0.143. The lowest BCUT2D eigenvalue weighted by molar-refractivity contribution is 0.767. The topological polar surface area (TPSA) is 56.7 Å². The van der Waals surface area contributed by atoms with Gasteiger partial charge in [0.1, 0.15) is 6.33 Å². The molecule has 0 saturated carbocycles. The van der Waals surface area contributed by atoms with E-state index in [0.29, 0.717) is 0 Å². The Morgan fingerprint density at radius 1 is 1.17 bits per heavy atom. The van der Waals surface area contributed by atoms with Gasteiger partial charge >= 0.3 is 0 Å². The van der Waals surface area contributed by atoms with Crippen molar-refractivity contribution in [3.05, 3.63) is 42.7 Å². The largest absolute Gasteiger partial charge is 0.398 e. The zero-order valence-corrected chi connectivity index (χ0v) is 10.2. The molecule has 0 saturated heterocycles. The van der Waals surface area contributed by atoms with Crippen molar-refractivity contribution in [2.24, 2.45) is 0 Å². The molecule has 2 N–H and O–H groups in total. The van der Waals surface area contributed by atoms with Crippen molar-refractivity contribution in [3.8, 4) is 11.4 Å². The molecule has 1 heterocycles. The van der Waals surface area contributed by atoms with E-state index in [0.717, 1.165) is 34.4 Å². The van der Waals surface area contributed by atoms with Crippen LogP contribution < -0.4 is 5.73 Å². The van der Waals surface area contributed by atoms with Crippen LogP contribution in [0.5, 0.6) is 0 Å². The molecule has 18 heavy (non-hydrogen) atoms. The highest BCUT2D eigenvalue weighted by atomic mass is 15.3.